The summed E-state index contributed by atoms with van der Waals surface area (Å²) in [5, 5.41) is 8.83. The van der Waals surface area contributed by atoms with Gasteiger partial charge in [-0.05, 0) is 19.4 Å². The fraction of sp³-hybridized carbons (Fsp3) is 0.308. The number of nitrogens with one attached hydrogen (secondary N) is 1. The zero-order valence-corrected chi connectivity index (χ0v) is 11.4. The average Bonchev–Trinajstić information content (AvgIpc) is 2.86. The molecule has 1 rings (SSSR count). The third-order valence-electron chi connectivity index (χ3n) is 2.37. The maximum Gasteiger partial charge on any atom is 0.432 e. The number of aromatic amines is 1. The third kappa shape index (κ3) is 4.90. The summed E-state index contributed by atoms with van der Waals surface area (Å²) in [5.74, 6) is -1.34. The van der Waals surface area contributed by atoms with E-state index in [1.54, 1.807) is 6.08 Å². The molecule has 2 N–H and O–H groups in total. The molecule has 0 spiro atoms. The first-order valence-corrected chi connectivity index (χ1v) is 6.02. The van der Waals surface area contributed by atoms with Gasteiger partial charge in [-0.25, -0.2) is 9.78 Å². The summed E-state index contributed by atoms with van der Waals surface area (Å²) < 4.78 is 37.6. The van der Waals surface area contributed by atoms with E-state index in [0.29, 0.717) is 12.6 Å². The van der Waals surface area contributed by atoms with Crippen LogP contribution >= 0.6 is 0 Å². The molecule has 0 atom stereocenters. The van der Waals surface area contributed by atoms with E-state index in [2.05, 4.69) is 15.0 Å². The van der Waals surface area contributed by atoms with Gasteiger partial charge in [-0.1, -0.05) is 13.0 Å². The van der Waals surface area contributed by atoms with Gasteiger partial charge in [-0.2, -0.15) is 13.2 Å². The number of carboxylic acid groups (broad SMARTS) is 1. The molecule has 0 aromatic carbocycles. The quantitative estimate of drug-likeness (QED) is 0.647. The van der Waals surface area contributed by atoms with Gasteiger partial charge in [0.2, 0.25) is 0 Å². The summed E-state index contributed by atoms with van der Waals surface area (Å²) in [4.78, 5) is 20.4. The van der Waals surface area contributed by atoms with Crippen molar-refractivity contribution >= 4 is 11.7 Å². The molecule has 0 aliphatic rings. The van der Waals surface area contributed by atoms with Crippen molar-refractivity contribution in [3.8, 4) is 0 Å². The second-order valence-corrected chi connectivity index (χ2v) is 4.08. The van der Waals surface area contributed by atoms with Gasteiger partial charge in [0.1, 0.15) is 11.4 Å². The highest BCUT2D eigenvalue weighted by molar-refractivity contribution is 6.09. The Morgan fingerprint density at radius 1 is 1.52 bits per heavy atom. The Morgan fingerprint density at radius 2 is 2.19 bits per heavy atom. The number of rotatable bonds is 5. The van der Waals surface area contributed by atoms with Crippen LogP contribution in [0.5, 0.6) is 0 Å². The first-order valence-electron chi connectivity index (χ1n) is 6.02. The molecule has 1 aromatic heterocycles. The Balaban J connectivity index is 3.22. The molecule has 0 bridgehead atoms. The van der Waals surface area contributed by atoms with E-state index in [9.17, 15) is 18.0 Å². The summed E-state index contributed by atoms with van der Waals surface area (Å²) in [6.45, 7) is 3.17. The van der Waals surface area contributed by atoms with Crippen LogP contribution in [0.15, 0.2) is 35.1 Å². The van der Waals surface area contributed by atoms with Gasteiger partial charge in [0.25, 0.3) is 0 Å². The molecule has 0 saturated heterocycles. The minimum absolute atomic E-state index is 0.00935. The zero-order valence-electron chi connectivity index (χ0n) is 11.4. The fourth-order valence-corrected chi connectivity index (χ4v) is 1.27. The van der Waals surface area contributed by atoms with Crippen LogP contribution in [0.3, 0.4) is 0 Å². The van der Waals surface area contributed by atoms with E-state index < -0.39 is 17.8 Å². The summed E-state index contributed by atoms with van der Waals surface area (Å²) in [6, 6.07) is 0. The molecule has 0 unspecified atom stereocenters. The van der Waals surface area contributed by atoms with Gasteiger partial charge in [-0.3, -0.25) is 4.99 Å². The molecule has 0 aliphatic carbocycles. The van der Waals surface area contributed by atoms with Crippen molar-refractivity contribution in [2.45, 2.75) is 26.4 Å². The number of nitrogens with zero attached hydrogens (tertiary/aromatic N) is 2. The van der Waals surface area contributed by atoms with E-state index in [1.807, 2.05) is 6.92 Å². The van der Waals surface area contributed by atoms with E-state index in [0.717, 1.165) is 6.08 Å². The van der Waals surface area contributed by atoms with Gasteiger partial charge < -0.3 is 10.1 Å². The normalized spacial score (nSPS) is 14.0. The number of aliphatic imine (C=N–C) groups is 1. The van der Waals surface area contributed by atoms with Gasteiger partial charge in [0, 0.05) is 11.8 Å². The lowest BCUT2D eigenvalue weighted by atomic mass is 10.2. The Morgan fingerprint density at radius 3 is 2.67 bits per heavy atom. The Kier molecular flexibility index (Phi) is 5.45. The van der Waals surface area contributed by atoms with Crippen molar-refractivity contribution in [3.05, 3.63) is 41.6 Å². The lowest BCUT2D eigenvalue weighted by Gasteiger charge is -2.01. The van der Waals surface area contributed by atoms with Gasteiger partial charge in [-0.15, -0.1) is 0 Å². The molecule has 8 heteroatoms. The highest BCUT2D eigenvalue weighted by Crippen LogP contribution is 2.27. The molecule has 21 heavy (non-hydrogen) atoms. The highest BCUT2D eigenvalue weighted by Gasteiger charge is 2.33. The molecule has 5 nitrogen and oxygen atoms in total. The van der Waals surface area contributed by atoms with Crippen molar-refractivity contribution in [1.82, 2.24) is 9.97 Å². The van der Waals surface area contributed by atoms with Gasteiger partial charge >= 0.3 is 12.1 Å². The number of carboxylic acids is 1. The zero-order chi connectivity index (χ0) is 16.0. The number of hydrogen-bond donors (Lipinski definition) is 2. The number of hydrogen-bond acceptors (Lipinski definition) is 3. The Bertz CT molecular complexity index is 598. The summed E-state index contributed by atoms with van der Waals surface area (Å²) in [6.07, 6.45) is 0.986. The minimum atomic E-state index is -4.55. The van der Waals surface area contributed by atoms with Crippen LogP contribution in [-0.4, -0.2) is 26.8 Å². The molecule has 0 saturated carbocycles. The second-order valence-electron chi connectivity index (χ2n) is 4.08. The molecule has 0 radical (unpaired) electrons. The maximum atomic E-state index is 12.5. The number of halogens is 3. The van der Waals surface area contributed by atoms with E-state index in [-0.39, 0.29) is 17.1 Å². The highest BCUT2D eigenvalue weighted by atomic mass is 19.4. The van der Waals surface area contributed by atoms with Crippen molar-refractivity contribution in [2.24, 2.45) is 4.99 Å². The Labute approximate surface area is 118 Å². The first kappa shape index (κ1) is 16.7. The van der Waals surface area contributed by atoms with Crippen LogP contribution in [-0.2, 0) is 11.0 Å². The average molecular weight is 301 g/mol. The molecule has 1 heterocycles. The lowest BCUT2D eigenvalue weighted by molar-refractivity contribution is -0.141. The third-order valence-corrected chi connectivity index (χ3v) is 2.37. The molecular weight excluding hydrogens is 287 g/mol. The Hall–Kier alpha value is -2.38. The maximum absolute atomic E-state index is 12.5. The number of alkyl halides is 3. The number of H-pyrrole nitrogens is 1. The minimum Gasteiger partial charge on any atom is -0.478 e. The number of aliphatic carboxylic acids is 1. The number of allylic oxidation sites excluding steroid dienone is 2. The van der Waals surface area contributed by atoms with Gasteiger partial charge in [0.15, 0.2) is 5.82 Å². The first-order chi connectivity index (χ1) is 9.75. The van der Waals surface area contributed by atoms with Crippen LogP contribution in [0.2, 0.25) is 0 Å². The van der Waals surface area contributed by atoms with E-state index >= 15 is 0 Å². The molecule has 114 valence electrons. The van der Waals surface area contributed by atoms with Crippen LogP contribution in [0.25, 0.3) is 0 Å². The van der Waals surface area contributed by atoms with Crippen LogP contribution in [0.1, 0.15) is 31.8 Å². The summed E-state index contributed by atoms with van der Waals surface area (Å²) in [5.41, 5.74) is -1.08. The topological polar surface area (TPSA) is 78.3 Å². The van der Waals surface area contributed by atoms with Gasteiger partial charge in [0.05, 0.1) is 6.20 Å². The number of carbonyl (C=O) groups is 1. The largest absolute Gasteiger partial charge is 0.478 e. The standard InChI is InChI=1S/C13H14F3N3O2/c1-3-4-5-17-9(6-8(2)12(20)21)11-18-7-10(19-11)13(14,15)16/h4-7H,3H2,1-2H3,(H,18,19)(H,20,21)/b5-4+,8-6+,17-9+. The molecule has 0 fully saturated rings. The molecule has 0 aliphatic heterocycles. The summed E-state index contributed by atoms with van der Waals surface area (Å²) >= 11 is 0. The fourth-order valence-electron chi connectivity index (χ4n) is 1.27. The monoisotopic (exact) mass is 301 g/mol. The van der Waals surface area contributed by atoms with Crippen molar-refractivity contribution in [2.75, 3.05) is 0 Å². The lowest BCUT2D eigenvalue weighted by Crippen LogP contribution is -2.08. The number of imidazole rings is 1. The molecule has 0 amide bonds. The van der Waals surface area contributed by atoms with Crippen LogP contribution in [0, 0.1) is 0 Å². The molecular formula is C13H14F3N3O2. The summed E-state index contributed by atoms with van der Waals surface area (Å²) in [7, 11) is 0. The second kappa shape index (κ2) is 6.87. The van der Waals surface area contributed by atoms with Crippen molar-refractivity contribution < 1.29 is 23.1 Å². The predicted octanol–water partition coefficient (Wildman–Crippen LogP) is 3.17. The van der Waals surface area contributed by atoms with Crippen LogP contribution in [0.4, 0.5) is 13.2 Å². The van der Waals surface area contributed by atoms with E-state index in [1.165, 1.54) is 13.1 Å². The predicted molar refractivity (Wildman–Crippen MR) is 71.0 cm³/mol. The van der Waals surface area contributed by atoms with Crippen molar-refractivity contribution in [3.63, 3.8) is 0 Å². The number of aromatic nitrogens is 2. The van der Waals surface area contributed by atoms with Crippen molar-refractivity contribution in [1.29, 1.82) is 0 Å². The van der Waals surface area contributed by atoms with E-state index in [4.69, 9.17) is 5.11 Å². The SMILES string of the molecule is CC/C=C/N=C(\C=C(/C)C(=O)O)c1ncc(C(F)(F)F)[nH]1. The smallest absolute Gasteiger partial charge is 0.432 e. The molecule has 1 aromatic rings. The van der Waals surface area contributed by atoms with Crippen LogP contribution < -0.4 is 0 Å².